The largest absolute Gasteiger partial charge is 0.350 e. The first-order valence-corrected chi connectivity index (χ1v) is 11.7. The summed E-state index contributed by atoms with van der Waals surface area (Å²) >= 11 is 0. The first-order valence-electron chi connectivity index (χ1n) is 10.2. The van der Waals surface area contributed by atoms with Gasteiger partial charge in [-0.2, -0.15) is 4.31 Å². The van der Waals surface area contributed by atoms with E-state index in [1.54, 1.807) is 24.3 Å². The summed E-state index contributed by atoms with van der Waals surface area (Å²) in [6.45, 7) is 2.51. The fourth-order valence-corrected chi connectivity index (χ4v) is 5.79. The second kappa shape index (κ2) is 8.39. The number of rotatable bonds is 5. The molecule has 0 spiro atoms. The van der Waals surface area contributed by atoms with Crippen LogP contribution in [0.5, 0.6) is 0 Å². The second-order valence-electron chi connectivity index (χ2n) is 7.86. The highest BCUT2D eigenvalue weighted by Gasteiger charge is 2.38. The van der Waals surface area contributed by atoms with E-state index in [1.165, 1.54) is 34.3 Å². The molecule has 1 saturated heterocycles. The standard InChI is InChI=1S/C22H24FN3O4S/c1-15(27)26-20-8-7-19(31(29,30)25-9-2-3-10-25)12-17(20)13-21(26)22(28)24-14-16-5-4-6-18(23)11-16/h4-8,11-12,21H,2-3,9-10,13-14H2,1H3,(H,24,28)/t21-/m1/s1. The number of benzene rings is 2. The van der Waals surface area contributed by atoms with Crippen molar-refractivity contribution in [1.29, 1.82) is 0 Å². The Hall–Kier alpha value is -2.78. The molecule has 1 fully saturated rings. The smallest absolute Gasteiger partial charge is 0.243 e. The topological polar surface area (TPSA) is 86.8 Å². The van der Waals surface area contributed by atoms with Crippen LogP contribution >= 0.6 is 0 Å². The summed E-state index contributed by atoms with van der Waals surface area (Å²) in [6, 6.07) is 9.79. The summed E-state index contributed by atoms with van der Waals surface area (Å²) in [6.07, 6.45) is 1.90. The van der Waals surface area contributed by atoms with Gasteiger partial charge in [-0.1, -0.05) is 12.1 Å². The van der Waals surface area contributed by atoms with Gasteiger partial charge in [-0.05, 0) is 54.3 Å². The van der Waals surface area contributed by atoms with Gasteiger partial charge in [0, 0.05) is 38.7 Å². The van der Waals surface area contributed by atoms with Crippen molar-refractivity contribution in [3.8, 4) is 0 Å². The quantitative estimate of drug-likeness (QED) is 0.765. The van der Waals surface area contributed by atoms with Crippen molar-refractivity contribution in [1.82, 2.24) is 9.62 Å². The monoisotopic (exact) mass is 445 g/mol. The number of hydrogen-bond acceptors (Lipinski definition) is 4. The third-order valence-electron chi connectivity index (χ3n) is 5.74. The molecule has 0 unspecified atom stereocenters. The predicted octanol–water partition coefficient (Wildman–Crippen LogP) is 2.20. The van der Waals surface area contributed by atoms with Crippen molar-refractivity contribution < 1.29 is 22.4 Å². The number of carbonyl (C=O) groups excluding carboxylic acids is 2. The van der Waals surface area contributed by atoms with E-state index in [9.17, 15) is 22.4 Å². The molecule has 2 amide bonds. The first-order chi connectivity index (χ1) is 14.8. The number of halogens is 1. The van der Waals surface area contributed by atoms with E-state index in [4.69, 9.17) is 0 Å². The molecule has 4 rings (SSSR count). The van der Waals surface area contributed by atoms with E-state index in [1.807, 2.05) is 0 Å². The minimum Gasteiger partial charge on any atom is -0.350 e. The number of nitrogens with zero attached hydrogens (tertiary/aromatic N) is 2. The van der Waals surface area contributed by atoms with E-state index < -0.39 is 21.9 Å². The van der Waals surface area contributed by atoms with Gasteiger partial charge in [-0.15, -0.1) is 0 Å². The van der Waals surface area contributed by atoms with Crippen LogP contribution in [0.3, 0.4) is 0 Å². The molecule has 7 nitrogen and oxygen atoms in total. The van der Waals surface area contributed by atoms with Gasteiger partial charge in [0.05, 0.1) is 4.90 Å². The molecular weight excluding hydrogens is 421 g/mol. The normalized spacial score (nSPS) is 18.8. The number of carbonyl (C=O) groups is 2. The Morgan fingerprint density at radius 3 is 2.55 bits per heavy atom. The van der Waals surface area contributed by atoms with Crippen LogP contribution in [0.1, 0.15) is 30.9 Å². The summed E-state index contributed by atoms with van der Waals surface area (Å²) in [4.78, 5) is 26.7. The number of sulfonamides is 1. The van der Waals surface area contributed by atoms with Crippen molar-refractivity contribution in [2.24, 2.45) is 0 Å². The average Bonchev–Trinajstić information content (AvgIpc) is 3.40. The lowest BCUT2D eigenvalue weighted by atomic mass is 10.1. The third kappa shape index (κ3) is 4.20. The van der Waals surface area contributed by atoms with Crippen LogP contribution in [0.15, 0.2) is 47.4 Å². The minimum absolute atomic E-state index is 0.129. The maximum Gasteiger partial charge on any atom is 0.243 e. The Morgan fingerprint density at radius 2 is 1.87 bits per heavy atom. The Bertz CT molecular complexity index is 1130. The molecule has 0 radical (unpaired) electrons. The Balaban J connectivity index is 1.55. The van der Waals surface area contributed by atoms with Gasteiger partial charge < -0.3 is 5.32 Å². The van der Waals surface area contributed by atoms with Crippen molar-refractivity contribution in [2.45, 2.75) is 43.7 Å². The highest BCUT2D eigenvalue weighted by atomic mass is 32.2. The number of anilines is 1. The fraction of sp³-hybridized carbons (Fsp3) is 0.364. The fourth-order valence-electron chi connectivity index (χ4n) is 4.22. The maximum atomic E-state index is 13.4. The minimum atomic E-state index is -3.59. The van der Waals surface area contributed by atoms with Gasteiger partial charge in [0.25, 0.3) is 0 Å². The zero-order valence-electron chi connectivity index (χ0n) is 17.2. The summed E-state index contributed by atoms with van der Waals surface area (Å²) in [5, 5.41) is 2.75. The molecule has 2 aromatic rings. The van der Waals surface area contributed by atoms with Crippen LogP contribution in [0.2, 0.25) is 0 Å². The Kier molecular flexibility index (Phi) is 5.81. The van der Waals surface area contributed by atoms with E-state index >= 15 is 0 Å². The van der Waals surface area contributed by atoms with Crippen LogP contribution in [0.25, 0.3) is 0 Å². The number of nitrogens with one attached hydrogen (secondary N) is 1. The first kappa shape index (κ1) is 21.5. The molecule has 2 aliphatic rings. The van der Waals surface area contributed by atoms with Crippen molar-refractivity contribution in [2.75, 3.05) is 18.0 Å². The SMILES string of the molecule is CC(=O)N1c2ccc(S(=O)(=O)N3CCCC3)cc2C[C@@H]1C(=O)NCc1cccc(F)c1. The van der Waals surface area contributed by atoms with Crippen LogP contribution in [-0.4, -0.2) is 43.7 Å². The molecule has 31 heavy (non-hydrogen) atoms. The van der Waals surface area contributed by atoms with Gasteiger partial charge in [0.1, 0.15) is 11.9 Å². The molecule has 1 N–H and O–H groups in total. The van der Waals surface area contributed by atoms with E-state index in [0.717, 1.165) is 12.8 Å². The molecule has 2 aliphatic heterocycles. The van der Waals surface area contributed by atoms with Gasteiger partial charge >= 0.3 is 0 Å². The molecule has 2 aromatic carbocycles. The molecule has 2 heterocycles. The Labute approximate surface area is 180 Å². The summed E-state index contributed by atoms with van der Waals surface area (Å²) in [7, 11) is -3.59. The van der Waals surface area contributed by atoms with E-state index in [-0.39, 0.29) is 29.7 Å². The summed E-state index contributed by atoms with van der Waals surface area (Å²) < 4.78 is 40.6. The van der Waals surface area contributed by atoms with Gasteiger partial charge in [-0.25, -0.2) is 12.8 Å². The molecule has 0 aliphatic carbocycles. The van der Waals surface area contributed by atoms with Crippen molar-refractivity contribution >= 4 is 27.5 Å². The van der Waals surface area contributed by atoms with Crippen LogP contribution < -0.4 is 10.2 Å². The Morgan fingerprint density at radius 1 is 1.13 bits per heavy atom. The summed E-state index contributed by atoms with van der Waals surface area (Å²) in [5.74, 6) is -1.07. The predicted molar refractivity (Wildman–Crippen MR) is 113 cm³/mol. The van der Waals surface area contributed by atoms with Crippen LogP contribution in [0.4, 0.5) is 10.1 Å². The van der Waals surface area contributed by atoms with Gasteiger partial charge in [0.2, 0.25) is 21.8 Å². The number of hydrogen-bond donors (Lipinski definition) is 1. The maximum absolute atomic E-state index is 13.4. The molecule has 0 bridgehead atoms. The zero-order chi connectivity index (χ0) is 22.2. The van der Waals surface area contributed by atoms with E-state index in [2.05, 4.69) is 5.32 Å². The van der Waals surface area contributed by atoms with Gasteiger partial charge in [0.15, 0.2) is 0 Å². The lowest BCUT2D eigenvalue weighted by molar-refractivity contribution is -0.125. The zero-order valence-corrected chi connectivity index (χ0v) is 18.0. The lowest BCUT2D eigenvalue weighted by Crippen LogP contribution is -2.47. The molecule has 0 aromatic heterocycles. The second-order valence-corrected chi connectivity index (χ2v) is 9.80. The third-order valence-corrected chi connectivity index (χ3v) is 7.63. The van der Waals surface area contributed by atoms with Crippen LogP contribution in [-0.2, 0) is 32.6 Å². The molecular formula is C22H24FN3O4S. The molecule has 164 valence electrons. The highest BCUT2D eigenvalue weighted by Crippen LogP contribution is 2.35. The summed E-state index contributed by atoms with van der Waals surface area (Å²) in [5.41, 5.74) is 1.79. The van der Waals surface area contributed by atoms with Crippen molar-refractivity contribution in [3.05, 3.63) is 59.4 Å². The highest BCUT2D eigenvalue weighted by molar-refractivity contribution is 7.89. The van der Waals surface area contributed by atoms with Crippen LogP contribution in [0, 0.1) is 5.82 Å². The van der Waals surface area contributed by atoms with E-state index in [0.29, 0.717) is 29.9 Å². The van der Waals surface area contributed by atoms with Crippen molar-refractivity contribution in [3.63, 3.8) is 0 Å². The van der Waals surface area contributed by atoms with Gasteiger partial charge in [-0.3, -0.25) is 14.5 Å². The number of amides is 2. The average molecular weight is 446 g/mol. The molecule has 0 saturated carbocycles. The molecule has 1 atom stereocenters. The lowest BCUT2D eigenvalue weighted by Gasteiger charge is -2.23. The number of fused-ring (bicyclic) bond motifs is 1. The molecule has 9 heteroatoms.